The molecule has 1 aromatic carbocycles. The molecule has 1 aliphatic rings. The summed E-state index contributed by atoms with van der Waals surface area (Å²) in [6.45, 7) is 0.00669. The van der Waals surface area contributed by atoms with Crippen molar-refractivity contribution in [3.63, 3.8) is 0 Å². The molecule has 1 fully saturated rings. The third kappa shape index (κ3) is 2.48. The van der Waals surface area contributed by atoms with E-state index in [1.54, 1.807) is 30.3 Å². The second kappa shape index (κ2) is 4.87. The van der Waals surface area contributed by atoms with E-state index in [1.807, 2.05) is 0 Å². The van der Waals surface area contributed by atoms with Gasteiger partial charge in [-0.25, -0.2) is 0 Å². The molecular formula is C12H12N2O4. The average molecular weight is 248 g/mol. The zero-order chi connectivity index (χ0) is 13.1. The molecule has 6 nitrogen and oxygen atoms in total. The lowest BCUT2D eigenvalue weighted by molar-refractivity contribution is -0.141. The monoisotopic (exact) mass is 248 g/mol. The molecule has 6 heteroatoms. The molecule has 0 aromatic heterocycles. The summed E-state index contributed by atoms with van der Waals surface area (Å²) in [5.74, 6) is -2.59. The van der Waals surface area contributed by atoms with Crippen molar-refractivity contribution in [3.8, 4) is 0 Å². The first kappa shape index (κ1) is 12.1. The molecule has 0 bridgehead atoms. The number of hydrogen-bond donors (Lipinski definition) is 2. The van der Waals surface area contributed by atoms with Crippen LogP contribution < -0.4 is 5.43 Å². The first-order chi connectivity index (χ1) is 8.58. The Bertz CT molecular complexity index is 486. The summed E-state index contributed by atoms with van der Waals surface area (Å²) in [7, 11) is 0. The second-order valence-corrected chi connectivity index (χ2v) is 4.05. The zero-order valence-corrected chi connectivity index (χ0v) is 9.50. The van der Waals surface area contributed by atoms with Crippen LogP contribution in [0.4, 0.5) is 0 Å². The first-order valence-electron chi connectivity index (χ1n) is 5.47. The Morgan fingerprint density at radius 2 is 1.94 bits per heavy atom. The summed E-state index contributed by atoms with van der Waals surface area (Å²) in [6.07, 6.45) is -0.0790. The number of nitrogens with one attached hydrogen (secondary N) is 1. The molecule has 1 saturated heterocycles. The molecule has 0 unspecified atom stereocenters. The number of hydrazine groups is 1. The van der Waals surface area contributed by atoms with Crippen molar-refractivity contribution in [2.24, 2.45) is 5.92 Å². The van der Waals surface area contributed by atoms with Crippen LogP contribution >= 0.6 is 0 Å². The molecule has 2 amide bonds. The van der Waals surface area contributed by atoms with Crippen LogP contribution in [0.25, 0.3) is 0 Å². The topological polar surface area (TPSA) is 86.7 Å². The maximum Gasteiger partial charge on any atom is 0.308 e. The van der Waals surface area contributed by atoms with Crippen LogP contribution in [0.1, 0.15) is 16.8 Å². The number of carbonyl (C=O) groups excluding carboxylic acids is 2. The fourth-order valence-electron chi connectivity index (χ4n) is 1.76. The van der Waals surface area contributed by atoms with Crippen molar-refractivity contribution in [2.75, 3.05) is 6.54 Å². The molecule has 18 heavy (non-hydrogen) atoms. The van der Waals surface area contributed by atoms with Gasteiger partial charge in [-0.05, 0) is 12.1 Å². The quantitative estimate of drug-likeness (QED) is 0.803. The summed E-state index contributed by atoms with van der Waals surface area (Å²) in [4.78, 5) is 34.0. The molecule has 0 radical (unpaired) electrons. The minimum Gasteiger partial charge on any atom is -0.481 e. The number of nitrogens with zero attached hydrogens (tertiary/aromatic N) is 1. The van der Waals surface area contributed by atoms with Crippen molar-refractivity contribution < 1.29 is 19.5 Å². The van der Waals surface area contributed by atoms with Crippen molar-refractivity contribution in [2.45, 2.75) is 6.42 Å². The minimum atomic E-state index is -1.03. The van der Waals surface area contributed by atoms with E-state index in [-0.39, 0.29) is 18.9 Å². The van der Waals surface area contributed by atoms with Crippen LogP contribution in [-0.4, -0.2) is 34.4 Å². The molecule has 2 N–H and O–H groups in total. The highest BCUT2D eigenvalue weighted by molar-refractivity contribution is 5.96. The van der Waals surface area contributed by atoms with Crippen LogP contribution in [0.3, 0.4) is 0 Å². The lowest BCUT2D eigenvalue weighted by Crippen LogP contribution is -2.43. The molecule has 1 aromatic rings. The minimum absolute atomic E-state index is 0.00669. The van der Waals surface area contributed by atoms with Gasteiger partial charge in [0, 0.05) is 12.0 Å². The Hall–Kier alpha value is -2.37. The van der Waals surface area contributed by atoms with Crippen LogP contribution in [0.5, 0.6) is 0 Å². The van der Waals surface area contributed by atoms with Gasteiger partial charge in [0.1, 0.15) is 0 Å². The summed E-state index contributed by atoms with van der Waals surface area (Å²) >= 11 is 0. The van der Waals surface area contributed by atoms with Crippen molar-refractivity contribution in [3.05, 3.63) is 35.9 Å². The van der Waals surface area contributed by atoms with Gasteiger partial charge >= 0.3 is 5.97 Å². The van der Waals surface area contributed by atoms with Gasteiger partial charge < -0.3 is 5.11 Å². The zero-order valence-electron chi connectivity index (χ0n) is 9.50. The standard InChI is InChI=1S/C12H12N2O4/c15-10-6-9(12(17)18)7-14(10)13-11(16)8-4-2-1-3-5-8/h1-5,9H,6-7H2,(H,13,16)(H,17,18)/t9-/m1/s1. The Kier molecular flexibility index (Phi) is 3.27. The van der Waals surface area contributed by atoms with Crippen LogP contribution in [-0.2, 0) is 9.59 Å². The maximum absolute atomic E-state index is 11.8. The van der Waals surface area contributed by atoms with Gasteiger partial charge in [-0.2, -0.15) is 0 Å². The smallest absolute Gasteiger partial charge is 0.308 e. The van der Waals surface area contributed by atoms with E-state index >= 15 is 0 Å². The molecule has 1 aliphatic heterocycles. The highest BCUT2D eigenvalue weighted by Gasteiger charge is 2.35. The second-order valence-electron chi connectivity index (χ2n) is 4.05. The first-order valence-corrected chi connectivity index (χ1v) is 5.47. The van der Waals surface area contributed by atoms with Crippen LogP contribution in [0.15, 0.2) is 30.3 Å². The number of amides is 2. The van der Waals surface area contributed by atoms with E-state index in [0.717, 1.165) is 5.01 Å². The summed E-state index contributed by atoms with van der Waals surface area (Å²) in [5, 5.41) is 9.87. The molecule has 2 rings (SSSR count). The third-order valence-electron chi connectivity index (χ3n) is 2.75. The Morgan fingerprint density at radius 1 is 1.28 bits per heavy atom. The number of carboxylic acid groups (broad SMARTS) is 1. The van der Waals surface area contributed by atoms with Gasteiger partial charge in [-0.15, -0.1) is 0 Å². The Morgan fingerprint density at radius 3 is 2.50 bits per heavy atom. The SMILES string of the molecule is O=C(NN1C[C@H](C(=O)O)CC1=O)c1ccccc1. The van der Waals surface area contributed by atoms with E-state index < -0.39 is 17.8 Å². The van der Waals surface area contributed by atoms with E-state index in [4.69, 9.17) is 5.11 Å². The lowest BCUT2D eigenvalue weighted by atomic mass is 10.1. The number of hydrogen-bond acceptors (Lipinski definition) is 3. The van der Waals surface area contributed by atoms with Gasteiger partial charge in [0.25, 0.3) is 5.91 Å². The van der Waals surface area contributed by atoms with E-state index in [1.165, 1.54) is 0 Å². The number of rotatable bonds is 3. The molecule has 0 saturated carbocycles. The highest BCUT2D eigenvalue weighted by atomic mass is 16.4. The molecule has 1 atom stereocenters. The fraction of sp³-hybridized carbons (Fsp3) is 0.250. The van der Waals surface area contributed by atoms with Crippen molar-refractivity contribution in [1.29, 1.82) is 0 Å². The van der Waals surface area contributed by atoms with Crippen molar-refractivity contribution in [1.82, 2.24) is 10.4 Å². The normalized spacial score (nSPS) is 18.8. The summed E-state index contributed by atoms with van der Waals surface area (Å²) < 4.78 is 0. The Balaban J connectivity index is 2.01. The molecule has 94 valence electrons. The number of carbonyl (C=O) groups is 3. The van der Waals surface area contributed by atoms with E-state index in [0.29, 0.717) is 5.56 Å². The molecule has 0 spiro atoms. The van der Waals surface area contributed by atoms with Crippen molar-refractivity contribution >= 4 is 17.8 Å². The lowest BCUT2D eigenvalue weighted by Gasteiger charge is -2.17. The molecule has 1 heterocycles. The van der Waals surface area contributed by atoms with Gasteiger partial charge in [-0.1, -0.05) is 18.2 Å². The van der Waals surface area contributed by atoms with E-state index in [9.17, 15) is 14.4 Å². The third-order valence-corrected chi connectivity index (χ3v) is 2.75. The number of benzene rings is 1. The number of aliphatic carboxylic acids is 1. The van der Waals surface area contributed by atoms with Gasteiger partial charge in [0.05, 0.1) is 12.5 Å². The number of carboxylic acids is 1. The highest BCUT2D eigenvalue weighted by Crippen LogP contribution is 2.16. The van der Waals surface area contributed by atoms with E-state index in [2.05, 4.69) is 5.43 Å². The fourth-order valence-corrected chi connectivity index (χ4v) is 1.76. The van der Waals surface area contributed by atoms with Crippen LogP contribution in [0, 0.1) is 5.92 Å². The van der Waals surface area contributed by atoms with Crippen LogP contribution in [0.2, 0.25) is 0 Å². The van der Waals surface area contributed by atoms with Gasteiger partial charge in [0.2, 0.25) is 5.91 Å². The summed E-state index contributed by atoms with van der Waals surface area (Å²) in [6, 6.07) is 8.43. The summed E-state index contributed by atoms with van der Waals surface area (Å²) in [5.41, 5.74) is 2.83. The predicted molar refractivity (Wildman–Crippen MR) is 61.4 cm³/mol. The molecular weight excluding hydrogens is 236 g/mol. The van der Waals surface area contributed by atoms with Gasteiger partial charge in [-0.3, -0.25) is 24.8 Å². The largest absolute Gasteiger partial charge is 0.481 e. The maximum atomic E-state index is 11.8. The van der Waals surface area contributed by atoms with Gasteiger partial charge in [0.15, 0.2) is 0 Å². The predicted octanol–water partition coefficient (Wildman–Crippen LogP) is 0.264. The Labute approximate surface area is 103 Å². The average Bonchev–Trinajstić information content (AvgIpc) is 2.72. The molecule has 0 aliphatic carbocycles.